The molecule has 0 aliphatic rings. The molecule has 4 nitrogen and oxygen atoms in total. The first-order chi connectivity index (χ1) is 7.49. The molecule has 0 heterocycles. The Morgan fingerprint density at radius 3 is 2.31 bits per heavy atom. The second-order valence-electron chi connectivity index (χ2n) is 3.82. The van der Waals surface area contributed by atoms with Crippen molar-refractivity contribution in [3.63, 3.8) is 0 Å². The molecule has 1 amide bonds. The number of rotatable bonds is 4. The van der Waals surface area contributed by atoms with Gasteiger partial charge in [0.15, 0.2) is 0 Å². The van der Waals surface area contributed by atoms with Crippen LogP contribution in [0.2, 0.25) is 0 Å². The summed E-state index contributed by atoms with van der Waals surface area (Å²) in [6.07, 6.45) is 0.496. The predicted octanol–water partition coefficient (Wildman–Crippen LogP) is 1.91. The van der Waals surface area contributed by atoms with Crippen molar-refractivity contribution in [2.75, 3.05) is 5.32 Å². The van der Waals surface area contributed by atoms with E-state index < -0.39 is 11.9 Å². The molecule has 0 aliphatic carbocycles. The van der Waals surface area contributed by atoms with E-state index in [1.54, 1.807) is 19.1 Å². The van der Waals surface area contributed by atoms with E-state index in [-0.39, 0.29) is 5.91 Å². The summed E-state index contributed by atoms with van der Waals surface area (Å²) in [5.74, 6) is -1.32. The minimum atomic E-state index is -0.800. The number of hydrogen-bond acceptors (Lipinski definition) is 2. The molecule has 0 saturated carbocycles. The van der Waals surface area contributed by atoms with E-state index in [1.807, 2.05) is 12.1 Å². The number of benzene rings is 1. The van der Waals surface area contributed by atoms with Crippen molar-refractivity contribution in [3.05, 3.63) is 29.8 Å². The molecule has 0 fully saturated rings. The van der Waals surface area contributed by atoms with Crippen LogP contribution in [0.15, 0.2) is 24.3 Å². The van der Waals surface area contributed by atoms with E-state index in [2.05, 4.69) is 5.32 Å². The molecule has 1 aromatic carbocycles. The molecular formula is C12H15NO3. The monoisotopic (exact) mass is 221 g/mol. The standard InChI is InChI=1S/C12H15NO3/c1-8(12(15)16)7-10-3-5-11(6-4-10)13-9(2)14/h3-6,8H,7H2,1-2H3,(H,13,14)(H,15,16)/t8-/m1/s1. The summed E-state index contributed by atoms with van der Waals surface area (Å²) in [7, 11) is 0. The largest absolute Gasteiger partial charge is 0.481 e. The molecule has 0 aromatic heterocycles. The first kappa shape index (κ1) is 12.2. The van der Waals surface area contributed by atoms with Gasteiger partial charge in [0.1, 0.15) is 0 Å². The third-order valence-corrected chi connectivity index (χ3v) is 2.24. The van der Waals surface area contributed by atoms with Gasteiger partial charge in [0.2, 0.25) is 5.91 Å². The van der Waals surface area contributed by atoms with Crippen LogP contribution in [0.3, 0.4) is 0 Å². The number of anilines is 1. The van der Waals surface area contributed by atoms with Gasteiger partial charge >= 0.3 is 5.97 Å². The Morgan fingerprint density at radius 2 is 1.88 bits per heavy atom. The highest BCUT2D eigenvalue weighted by atomic mass is 16.4. The Hall–Kier alpha value is -1.84. The van der Waals surface area contributed by atoms with E-state index >= 15 is 0 Å². The molecule has 1 aromatic rings. The number of carboxylic acid groups (broad SMARTS) is 1. The van der Waals surface area contributed by atoms with Gasteiger partial charge in [0, 0.05) is 12.6 Å². The second-order valence-corrected chi connectivity index (χ2v) is 3.82. The first-order valence-electron chi connectivity index (χ1n) is 5.08. The molecule has 16 heavy (non-hydrogen) atoms. The van der Waals surface area contributed by atoms with E-state index in [9.17, 15) is 9.59 Å². The van der Waals surface area contributed by atoms with E-state index in [4.69, 9.17) is 5.11 Å². The lowest BCUT2D eigenvalue weighted by atomic mass is 10.0. The molecule has 0 unspecified atom stereocenters. The highest BCUT2D eigenvalue weighted by Crippen LogP contribution is 2.13. The molecule has 0 spiro atoms. The number of nitrogens with one attached hydrogen (secondary N) is 1. The first-order valence-corrected chi connectivity index (χ1v) is 5.08. The third-order valence-electron chi connectivity index (χ3n) is 2.24. The quantitative estimate of drug-likeness (QED) is 0.816. The molecule has 1 rings (SSSR count). The zero-order chi connectivity index (χ0) is 12.1. The van der Waals surface area contributed by atoms with Crippen LogP contribution in [0.5, 0.6) is 0 Å². The number of hydrogen-bond donors (Lipinski definition) is 2. The summed E-state index contributed by atoms with van der Waals surface area (Å²) in [5, 5.41) is 11.4. The molecule has 1 atom stereocenters. The maximum absolute atomic E-state index is 10.8. The molecule has 0 saturated heterocycles. The lowest BCUT2D eigenvalue weighted by Crippen LogP contribution is -2.12. The van der Waals surface area contributed by atoms with Crippen molar-refractivity contribution >= 4 is 17.6 Å². The van der Waals surface area contributed by atoms with Gasteiger partial charge in [-0.05, 0) is 24.1 Å². The summed E-state index contributed by atoms with van der Waals surface area (Å²) in [5.41, 5.74) is 1.67. The van der Waals surface area contributed by atoms with Crippen LogP contribution in [-0.2, 0) is 16.0 Å². The van der Waals surface area contributed by atoms with Crippen LogP contribution in [-0.4, -0.2) is 17.0 Å². The van der Waals surface area contributed by atoms with Crippen molar-refractivity contribution in [2.24, 2.45) is 5.92 Å². The lowest BCUT2D eigenvalue weighted by molar-refractivity contribution is -0.141. The zero-order valence-corrected chi connectivity index (χ0v) is 9.36. The Kier molecular flexibility index (Phi) is 4.05. The SMILES string of the molecule is CC(=O)Nc1ccc(C[C@@H](C)C(=O)O)cc1. The number of carbonyl (C=O) groups excluding carboxylic acids is 1. The minimum absolute atomic E-state index is 0.119. The molecule has 0 aliphatic heterocycles. The van der Waals surface area contributed by atoms with Gasteiger partial charge in [0.05, 0.1) is 5.92 Å². The Morgan fingerprint density at radius 1 is 1.31 bits per heavy atom. The summed E-state index contributed by atoms with van der Waals surface area (Å²) < 4.78 is 0. The van der Waals surface area contributed by atoms with Crippen LogP contribution < -0.4 is 5.32 Å². The molecule has 86 valence electrons. The maximum atomic E-state index is 10.8. The maximum Gasteiger partial charge on any atom is 0.306 e. The van der Waals surface area contributed by atoms with Gasteiger partial charge in [-0.1, -0.05) is 19.1 Å². The van der Waals surface area contributed by atoms with Crippen molar-refractivity contribution < 1.29 is 14.7 Å². The van der Waals surface area contributed by atoms with Gasteiger partial charge in [-0.3, -0.25) is 9.59 Å². The predicted molar refractivity (Wildman–Crippen MR) is 61.2 cm³/mol. The average Bonchev–Trinajstić information content (AvgIpc) is 2.20. The molecule has 2 N–H and O–H groups in total. The summed E-state index contributed by atoms with van der Waals surface area (Å²) in [4.78, 5) is 21.4. The molecule has 0 radical (unpaired) electrons. The Labute approximate surface area is 94.3 Å². The van der Waals surface area contributed by atoms with E-state index in [1.165, 1.54) is 6.92 Å². The molecule has 4 heteroatoms. The normalized spacial score (nSPS) is 11.9. The van der Waals surface area contributed by atoms with Crippen LogP contribution >= 0.6 is 0 Å². The fourth-order valence-corrected chi connectivity index (χ4v) is 1.37. The van der Waals surface area contributed by atoms with Crippen LogP contribution in [0, 0.1) is 5.92 Å². The third kappa shape index (κ3) is 3.73. The van der Waals surface area contributed by atoms with Crippen LogP contribution in [0.25, 0.3) is 0 Å². The number of amides is 1. The van der Waals surface area contributed by atoms with Crippen LogP contribution in [0.4, 0.5) is 5.69 Å². The fourth-order valence-electron chi connectivity index (χ4n) is 1.37. The van der Waals surface area contributed by atoms with Gasteiger partial charge < -0.3 is 10.4 Å². The molecular weight excluding hydrogens is 206 g/mol. The van der Waals surface area contributed by atoms with Gasteiger partial charge in [-0.2, -0.15) is 0 Å². The van der Waals surface area contributed by atoms with Crippen LogP contribution in [0.1, 0.15) is 19.4 Å². The number of carboxylic acids is 1. The number of aliphatic carboxylic acids is 1. The van der Waals surface area contributed by atoms with Crippen molar-refractivity contribution in [1.29, 1.82) is 0 Å². The highest BCUT2D eigenvalue weighted by Gasteiger charge is 2.11. The van der Waals surface area contributed by atoms with E-state index in [0.717, 1.165) is 11.3 Å². The minimum Gasteiger partial charge on any atom is -0.481 e. The average molecular weight is 221 g/mol. The number of carbonyl (C=O) groups is 2. The zero-order valence-electron chi connectivity index (χ0n) is 9.36. The Balaban J connectivity index is 2.64. The van der Waals surface area contributed by atoms with Gasteiger partial charge in [0.25, 0.3) is 0 Å². The van der Waals surface area contributed by atoms with Crippen molar-refractivity contribution in [2.45, 2.75) is 20.3 Å². The highest BCUT2D eigenvalue weighted by molar-refractivity contribution is 5.88. The summed E-state index contributed by atoms with van der Waals surface area (Å²) in [6.45, 7) is 3.12. The topological polar surface area (TPSA) is 66.4 Å². The van der Waals surface area contributed by atoms with Crippen molar-refractivity contribution in [1.82, 2.24) is 0 Å². The summed E-state index contributed by atoms with van der Waals surface area (Å²) >= 11 is 0. The fraction of sp³-hybridized carbons (Fsp3) is 0.333. The second kappa shape index (κ2) is 5.30. The van der Waals surface area contributed by atoms with Gasteiger partial charge in [-0.15, -0.1) is 0 Å². The van der Waals surface area contributed by atoms with E-state index in [0.29, 0.717) is 6.42 Å². The van der Waals surface area contributed by atoms with Gasteiger partial charge in [-0.25, -0.2) is 0 Å². The summed E-state index contributed by atoms with van der Waals surface area (Å²) in [6, 6.07) is 7.19. The molecule has 0 bridgehead atoms. The smallest absolute Gasteiger partial charge is 0.306 e. The lowest BCUT2D eigenvalue weighted by Gasteiger charge is -2.07. The Bertz CT molecular complexity index is 384. The van der Waals surface area contributed by atoms with Crippen molar-refractivity contribution in [3.8, 4) is 0 Å².